The van der Waals surface area contributed by atoms with Gasteiger partial charge in [-0.2, -0.15) is 15.0 Å². The summed E-state index contributed by atoms with van der Waals surface area (Å²) < 4.78 is 1.89. The maximum absolute atomic E-state index is 12.6. The van der Waals surface area contributed by atoms with Gasteiger partial charge in [0.05, 0.1) is 24.2 Å². The summed E-state index contributed by atoms with van der Waals surface area (Å²) in [6, 6.07) is 12.7. The number of fused-ring (bicyclic) bond motifs is 1. The topological polar surface area (TPSA) is 121 Å². The minimum atomic E-state index is -0.0271. The maximum atomic E-state index is 12.6. The molecule has 2 saturated heterocycles. The number of likely N-dealkylation sites (tertiary alicyclic amines) is 1. The molecule has 0 saturated carbocycles. The van der Waals surface area contributed by atoms with Crippen molar-refractivity contribution >= 4 is 64.2 Å². The van der Waals surface area contributed by atoms with E-state index in [-0.39, 0.29) is 17.9 Å². The summed E-state index contributed by atoms with van der Waals surface area (Å²) >= 11 is 2.92. The van der Waals surface area contributed by atoms with E-state index in [2.05, 4.69) is 38.1 Å². The number of amides is 1. The molecule has 5 heterocycles. The summed E-state index contributed by atoms with van der Waals surface area (Å²) in [6.45, 7) is 5.15. The van der Waals surface area contributed by atoms with Crippen molar-refractivity contribution in [2.24, 2.45) is 5.92 Å². The molecule has 0 aliphatic carbocycles. The van der Waals surface area contributed by atoms with Gasteiger partial charge >= 0.3 is 0 Å². The van der Waals surface area contributed by atoms with Gasteiger partial charge in [-0.3, -0.25) is 9.69 Å². The number of likely N-dealkylation sites (N-methyl/N-ethyl adjacent to an activating group) is 1. The highest BCUT2D eigenvalue weighted by molar-refractivity contribution is 7.27. The molecule has 1 unspecified atom stereocenters. The van der Waals surface area contributed by atoms with E-state index in [4.69, 9.17) is 20.3 Å². The van der Waals surface area contributed by atoms with E-state index in [0.717, 1.165) is 58.4 Å². The average molecular weight is 619 g/mol. The van der Waals surface area contributed by atoms with Crippen LogP contribution in [0.15, 0.2) is 24.3 Å². The highest BCUT2D eigenvalue weighted by Gasteiger charge is 2.34. The molecular formula is C28H31N10OPS2. The van der Waals surface area contributed by atoms with Crippen LogP contribution in [0.5, 0.6) is 0 Å². The number of aromatic nitrogens is 4. The molecule has 2 fully saturated rings. The number of thiazole rings is 1. The Kier molecular flexibility index (Phi) is 7.86. The third-order valence-electron chi connectivity index (χ3n) is 7.94. The molecule has 4 aromatic rings. The second kappa shape index (κ2) is 11.6. The van der Waals surface area contributed by atoms with Gasteiger partial charge in [-0.1, -0.05) is 53.9 Å². The molecule has 2 aliphatic rings. The Balaban J connectivity index is 1.20. The molecule has 6 rings (SSSR count). The summed E-state index contributed by atoms with van der Waals surface area (Å²) in [6.07, 6.45) is 1.68. The van der Waals surface area contributed by atoms with Gasteiger partial charge in [0.25, 0.3) is 0 Å². The maximum Gasteiger partial charge on any atom is 0.236 e. The fourth-order valence-electron chi connectivity index (χ4n) is 5.41. The number of hydrogen-bond acceptors (Lipinski definition) is 11. The quantitative estimate of drug-likeness (QED) is 0.274. The molecule has 1 amide bonds. The van der Waals surface area contributed by atoms with Gasteiger partial charge in [0.2, 0.25) is 16.0 Å². The number of nitrogens with zero attached hydrogens (tertiary/aromatic N) is 10. The van der Waals surface area contributed by atoms with Gasteiger partial charge in [-0.05, 0) is 25.2 Å². The van der Waals surface area contributed by atoms with Crippen LogP contribution in [-0.2, 0) is 11.2 Å². The minimum absolute atomic E-state index is 0.0271. The average Bonchev–Trinajstić information content (AvgIpc) is 3.74. The van der Waals surface area contributed by atoms with Gasteiger partial charge in [0.1, 0.15) is 16.6 Å². The standard InChI is InChI=1S/C28H31N10OPS2/c1-4-21-25(35(3)26-32-24(22(12-30)41-26)18-5-7-20(40)8-6-18)38-27(31-21)42-28(33-38)36-10-9-19(15-36)34(2)16-23(39)37-13-17(11-29)14-37/h5-8,17,19H,4,9-10,13-16,40H2,1-3H3/t19-/m1/s1. The molecule has 0 radical (unpaired) electrons. The Morgan fingerprint density at radius 1 is 1.14 bits per heavy atom. The van der Waals surface area contributed by atoms with Crippen LogP contribution in [-0.4, -0.2) is 88.2 Å². The van der Waals surface area contributed by atoms with Crippen LogP contribution in [0.4, 0.5) is 16.1 Å². The number of anilines is 3. The molecule has 3 aromatic heterocycles. The van der Waals surface area contributed by atoms with Crippen molar-refractivity contribution in [3.63, 3.8) is 0 Å². The van der Waals surface area contributed by atoms with Crippen LogP contribution in [0.1, 0.15) is 23.9 Å². The first-order valence-corrected chi connectivity index (χ1v) is 16.0. The summed E-state index contributed by atoms with van der Waals surface area (Å²) in [4.78, 5) is 31.9. The molecule has 0 spiro atoms. The number of rotatable bonds is 8. The lowest BCUT2D eigenvalue weighted by atomic mass is 10.0. The van der Waals surface area contributed by atoms with E-state index >= 15 is 0 Å². The van der Waals surface area contributed by atoms with Crippen LogP contribution >= 0.6 is 31.9 Å². The smallest absolute Gasteiger partial charge is 0.236 e. The first-order valence-electron chi connectivity index (χ1n) is 13.8. The largest absolute Gasteiger partial charge is 0.345 e. The van der Waals surface area contributed by atoms with E-state index in [1.54, 1.807) is 16.2 Å². The third kappa shape index (κ3) is 5.23. The van der Waals surface area contributed by atoms with Crippen LogP contribution in [0.25, 0.3) is 16.2 Å². The van der Waals surface area contributed by atoms with Crippen LogP contribution in [0.2, 0.25) is 0 Å². The number of nitriles is 2. The van der Waals surface area contributed by atoms with Crippen molar-refractivity contribution in [1.29, 1.82) is 10.5 Å². The van der Waals surface area contributed by atoms with Gasteiger partial charge < -0.3 is 14.7 Å². The van der Waals surface area contributed by atoms with Crippen molar-refractivity contribution in [2.75, 3.05) is 56.6 Å². The van der Waals surface area contributed by atoms with Crippen LogP contribution in [0, 0.1) is 28.6 Å². The molecule has 2 atom stereocenters. The third-order valence-corrected chi connectivity index (χ3v) is 10.3. The minimum Gasteiger partial charge on any atom is -0.345 e. The van der Waals surface area contributed by atoms with Crippen molar-refractivity contribution in [3.8, 4) is 23.4 Å². The zero-order valence-corrected chi connectivity index (χ0v) is 26.5. The molecule has 2 aliphatic heterocycles. The fraction of sp³-hybridized carbons (Fsp3) is 0.429. The summed E-state index contributed by atoms with van der Waals surface area (Å²) in [7, 11) is 6.62. The summed E-state index contributed by atoms with van der Waals surface area (Å²) in [5, 5.41) is 26.5. The Labute approximate surface area is 254 Å². The number of imidazole rings is 1. The predicted octanol–water partition coefficient (Wildman–Crippen LogP) is 3.11. The van der Waals surface area contributed by atoms with E-state index < -0.39 is 0 Å². The monoisotopic (exact) mass is 618 g/mol. The fourth-order valence-corrected chi connectivity index (χ4v) is 7.40. The SMILES string of the molecule is CCc1nc2sc(N3CC[C@@H](N(C)CC(=O)N4CC(C#N)C4)C3)nn2c1N(C)c1nc(-c2ccc(P)cc2)c(C#N)s1. The number of hydrogen-bond donors (Lipinski definition) is 0. The lowest BCUT2D eigenvalue weighted by molar-refractivity contribution is -0.137. The van der Waals surface area contributed by atoms with E-state index in [1.807, 2.05) is 47.8 Å². The molecule has 42 heavy (non-hydrogen) atoms. The van der Waals surface area contributed by atoms with E-state index in [1.165, 1.54) is 11.3 Å². The molecule has 14 heteroatoms. The molecule has 1 aromatic carbocycles. The lowest BCUT2D eigenvalue weighted by Crippen LogP contribution is -2.53. The highest BCUT2D eigenvalue weighted by Crippen LogP contribution is 2.38. The number of benzene rings is 1. The first-order chi connectivity index (χ1) is 20.3. The Morgan fingerprint density at radius 3 is 2.60 bits per heavy atom. The highest BCUT2D eigenvalue weighted by atomic mass is 32.1. The number of aryl methyl sites for hydroxylation is 1. The van der Waals surface area contributed by atoms with Crippen molar-refractivity contribution in [2.45, 2.75) is 25.8 Å². The lowest BCUT2D eigenvalue weighted by Gasteiger charge is -2.37. The van der Waals surface area contributed by atoms with Gasteiger partial charge in [0, 0.05) is 44.8 Å². The van der Waals surface area contributed by atoms with Crippen LogP contribution < -0.4 is 15.1 Å². The van der Waals surface area contributed by atoms with Gasteiger partial charge in [0.15, 0.2) is 10.9 Å². The Hall–Kier alpha value is -3.61. The normalized spacial score (nSPS) is 17.1. The van der Waals surface area contributed by atoms with Gasteiger partial charge in [-0.25, -0.2) is 9.97 Å². The second-order valence-corrected chi connectivity index (χ2v) is 13.3. The van der Waals surface area contributed by atoms with Crippen LogP contribution in [0.3, 0.4) is 0 Å². The van der Waals surface area contributed by atoms with Crippen molar-refractivity contribution in [3.05, 3.63) is 34.8 Å². The number of carbonyl (C=O) groups excluding carboxylic acids is 1. The molecule has 0 N–H and O–H groups in total. The first kappa shape index (κ1) is 28.5. The van der Waals surface area contributed by atoms with E-state index in [9.17, 15) is 10.1 Å². The predicted molar refractivity (Wildman–Crippen MR) is 169 cm³/mol. The van der Waals surface area contributed by atoms with Crippen molar-refractivity contribution < 1.29 is 4.79 Å². The Bertz CT molecular complexity index is 1710. The Morgan fingerprint density at radius 2 is 1.90 bits per heavy atom. The molecule has 11 nitrogen and oxygen atoms in total. The molecule has 0 bridgehead atoms. The second-order valence-electron chi connectivity index (χ2n) is 10.7. The van der Waals surface area contributed by atoms with Crippen molar-refractivity contribution in [1.82, 2.24) is 29.4 Å². The molecule has 216 valence electrons. The molecular weight excluding hydrogens is 587 g/mol. The zero-order chi connectivity index (χ0) is 29.5. The summed E-state index contributed by atoms with van der Waals surface area (Å²) in [5.74, 6) is 0.908. The van der Waals surface area contributed by atoms with Gasteiger partial charge in [-0.15, -0.1) is 14.3 Å². The zero-order valence-electron chi connectivity index (χ0n) is 23.7. The number of carbonyl (C=O) groups is 1. The van der Waals surface area contributed by atoms with E-state index in [0.29, 0.717) is 35.3 Å². The summed E-state index contributed by atoms with van der Waals surface area (Å²) in [5.41, 5.74) is 2.51.